The molecule has 1 atom stereocenters. The van der Waals surface area contributed by atoms with E-state index in [-0.39, 0.29) is 13.2 Å². The minimum absolute atomic E-state index is 0.190. The summed E-state index contributed by atoms with van der Waals surface area (Å²) in [5.74, 6) is -1.32. The molecule has 1 N–H and O–H groups in total. The summed E-state index contributed by atoms with van der Waals surface area (Å²) in [7, 11) is 0. The fourth-order valence-electron chi connectivity index (χ4n) is 0.503. The average Bonchev–Trinajstić information content (AvgIpc) is 2.00. The van der Waals surface area contributed by atoms with Crippen molar-refractivity contribution in [3.05, 3.63) is 0 Å². The maximum atomic E-state index is 10.7. The van der Waals surface area contributed by atoms with Gasteiger partial charge in [-0.05, 0) is 6.92 Å². The minimum atomic E-state index is -1.38. The Kier molecular flexibility index (Phi) is 5.03. The van der Waals surface area contributed by atoms with Crippen LogP contribution in [0.25, 0.3) is 0 Å². The Bertz CT molecular complexity index is 165. The maximum Gasteiger partial charge on any atom is 0.338 e. The molecule has 5 nitrogen and oxygen atoms in total. The predicted molar refractivity (Wildman–Crippen MR) is 39.3 cm³/mol. The molecule has 5 heteroatoms. The number of carbonyl (C=O) groups is 2. The van der Waals surface area contributed by atoms with Crippen LogP contribution in [0.2, 0.25) is 0 Å². The minimum Gasteiger partial charge on any atom is -0.464 e. The van der Waals surface area contributed by atoms with E-state index in [0.717, 1.165) is 0 Å². The second kappa shape index (κ2) is 5.54. The molecule has 0 radical (unpaired) electrons. The standard InChI is InChI=1S/C7H12O5/c1-3-11-7(10)6(9)4-12-5(2)8/h6,9H,3-4H2,1-2H3. The molecule has 0 rings (SSSR count). The molecule has 70 valence electrons. The molecule has 0 saturated carbocycles. The van der Waals surface area contributed by atoms with Gasteiger partial charge in [0, 0.05) is 6.92 Å². The molecule has 0 amide bonds. The number of aliphatic hydroxyl groups excluding tert-OH is 1. The number of aliphatic hydroxyl groups is 1. The van der Waals surface area contributed by atoms with Crippen molar-refractivity contribution in [3.8, 4) is 0 Å². The van der Waals surface area contributed by atoms with Crippen molar-refractivity contribution in [1.29, 1.82) is 0 Å². The van der Waals surface area contributed by atoms with Gasteiger partial charge >= 0.3 is 11.9 Å². The Morgan fingerprint density at radius 3 is 2.42 bits per heavy atom. The van der Waals surface area contributed by atoms with Crippen LogP contribution in [0.5, 0.6) is 0 Å². The van der Waals surface area contributed by atoms with Gasteiger partial charge in [-0.1, -0.05) is 0 Å². The van der Waals surface area contributed by atoms with Gasteiger partial charge in [0.15, 0.2) is 6.10 Å². The van der Waals surface area contributed by atoms with Gasteiger partial charge in [0.1, 0.15) is 6.61 Å². The quantitative estimate of drug-likeness (QED) is 0.583. The number of ether oxygens (including phenoxy) is 2. The fourth-order valence-corrected chi connectivity index (χ4v) is 0.503. The monoisotopic (exact) mass is 176 g/mol. The SMILES string of the molecule is CCOC(=O)C(O)COC(C)=O. The summed E-state index contributed by atoms with van der Waals surface area (Å²) in [6.07, 6.45) is -1.38. The first-order chi connectivity index (χ1) is 5.57. The molecule has 1 unspecified atom stereocenters. The highest BCUT2D eigenvalue weighted by Gasteiger charge is 2.16. The van der Waals surface area contributed by atoms with Crippen LogP contribution in [0.15, 0.2) is 0 Å². The van der Waals surface area contributed by atoms with Crippen LogP contribution < -0.4 is 0 Å². The van der Waals surface area contributed by atoms with Crippen LogP contribution in [0, 0.1) is 0 Å². The topological polar surface area (TPSA) is 72.8 Å². The summed E-state index contributed by atoms with van der Waals surface area (Å²) in [5.41, 5.74) is 0. The molecule has 0 aliphatic carbocycles. The highest BCUT2D eigenvalue weighted by molar-refractivity contribution is 5.75. The van der Waals surface area contributed by atoms with Gasteiger partial charge in [-0.15, -0.1) is 0 Å². The van der Waals surface area contributed by atoms with Crippen molar-refractivity contribution in [2.75, 3.05) is 13.2 Å². The number of hydrogen-bond acceptors (Lipinski definition) is 5. The summed E-state index contributed by atoms with van der Waals surface area (Å²) >= 11 is 0. The Hall–Kier alpha value is -1.10. The van der Waals surface area contributed by atoms with Crippen molar-refractivity contribution in [1.82, 2.24) is 0 Å². The van der Waals surface area contributed by atoms with E-state index >= 15 is 0 Å². The Labute approximate surface area is 70.3 Å². The normalized spacial score (nSPS) is 11.9. The lowest BCUT2D eigenvalue weighted by Gasteiger charge is -2.08. The van der Waals surface area contributed by atoms with Gasteiger partial charge in [-0.3, -0.25) is 4.79 Å². The Morgan fingerprint density at radius 2 is 2.00 bits per heavy atom. The molecule has 0 aliphatic rings. The molecule has 0 aromatic heterocycles. The van der Waals surface area contributed by atoms with Crippen LogP contribution >= 0.6 is 0 Å². The fraction of sp³-hybridized carbons (Fsp3) is 0.714. The Morgan fingerprint density at radius 1 is 1.42 bits per heavy atom. The van der Waals surface area contributed by atoms with Crippen LogP contribution in [-0.2, 0) is 19.1 Å². The van der Waals surface area contributed by atoms with Gasteiger partial charge in [0.05, 0.1) is 6.61 Å². The van der Waals surface area contributed by atoms with E-state index in [1.165, 1.54) is 6.92 Å². The first-order valence-corrected chi connectivity index (χ1v) is 3.56. The van der Waals surface area contributed by atoms with Gasteiger partial charge in [-0.25, -0.2) is 4.79 Å². The number of carbonyl (C=O) groups excluding carboxylic acids is 2. The number of rotatable bonds is 4. The second-order valence-corrected chi connectivity index (χ2v) is 2.07. The molecule has 12 heavy (non-hydrogen) atoms. The molecular weight excluding hydrogens is 164 g/mol. The van der Waals surface area contributed by atoms with Crippen molar-refractivity contribution in [3.63, 3.8) is 0 Å². The van der Waals surface area contributed by atoms with Gasteiger partial charge in [0.2, 0.25) is 0 Å². The highest BCUT2D eigenvalue weighted by atomic mass is 16.6. The third kappa shape index (κ3) is 4.68. The molecule has 0 aromatic rings. The smallest absolute Gasteiger partial charge is 0.338 e. The first-order valence-electron chi connectivity index (χ1n) is 3.56. The molecule has 0 aromatic carbocycles. The third-order valence-electron chi connectivity index (χ3n) is 1.00. The lowest BCUT2D eigenvalue weighted by Crippen LogP contribution is -2.28. The lowest BCUT2D eigenvalue weighted by atomic mass is 10.4. The van der Waals surface area contributed by atoms with Gasteiger partial charge in [0.25, 0.3) is 0 Å². The van der Waals surface area contributed by atoms with Crippen molar-refractivity contribution >= 4 is 11.9 Å². The van der Waals surface area contributed by atoms with E-state index in [4.69, 9.17) is 5.11 Å². The zero-order chi connectivity index (χ0) is 9.56. The van der Waals surface area contributed by atoms with Crippen LogP contribution in [0.4, 0.5) is 0 Å². The van der Waals surface area contributed by atoms with Gasteiger partial charge < -0.3 is 14.6 Å². The van der Waals surface area contributed by atoms with E-state index in [1.807, 2.05) is 0 Å². The molecule has 0 saturated heterocycles. The predicted octanol–water partition coefficient (Wildman–Crippen LogP) is -0.527. The summed E-state index contributed by atoms with van der Waals surface area (Å²) < 4.78 is 8.84. The van der Waals surface area contributed by atoms with E-state index < -0.39 is 18.0 Å². The van der Waals surface area contributed by atoms with E-state index in [2.05, 4.69) is 9.47 Å². The average molecular weight is 176 g/mol. The lowest BCUT2D eigenvalue weighted by molar-refractivity contribution is -0.159. The molecule has 0 heterocycles. The molecule has 0 bridgehead atoms. The molecular formula is C7H12O5. The van der Waals surface area contributed by atoms with Crippen LogP contribution in [-0.4, -0.2) is 36.4 Å². The summed E-state index contributed by atoms with van der Waals surface area (Å²) in [6, 6.07) is 0. The Balaban J connectivity index is 3.63. The van der Waals surface area contributed by atoms with Crippen molar-refractivity contribution < 1.29 is 24.2 Å². The van der Waals surface area contributed by atoms with Crippen LogP contribution in [0.3, 0.4) is 0 Å². The van der Waals surface area contributed by atoms with E-state index in [1.54, 1.807) is 6.92 Å². The highest BCUT2D eigenvalue weighted by Crippen LogP contribution is 1.90. The summed E-state index contributed by atoms with van der Waals surface area (Å²) in [5, 5.41) is 8.95. The van der Waals surface area contributed by atoms with E-state index in [0.29, 0.717) is 0 Å². The maximum absolute atomic E-state index is 10.7. The molecule has 0 spiro atoms. The van der Waals surface area contributed by atoms with Crippen LogP contribution in [0.1, 0.15) is 13.8 Å². The third-order valence-corrected chi connectivity index (χ3v) is 1.00. The molecule has 0 fully saturated rings. The number of esters is 2. The first kappa shape index (κ1) is 10.9. The number of hydrogen-bond donors (Lipinski definition) is 1. The molecule has 0 aliphatic heterocycles. The zero-order valence-electron chi connectivity index (χ0n) is 7.07. The van der Waals surface area contributed by atoms with Crippen molar-refractivity contribution in [2.45, 2.75) is 20.0 Å². The summed E-state index contributed by atoms with van der Waals surface area (Å²) in [4.78, 5) is 20.9. The van der Waals surface area contributed by atoms with E-state index in [9.17, 15) is 9.59 Å². The zero-order valence-corrected chi connectivity index (χ0v) is 7.07. The van der Waals surface area contributed by atoms with Gasteiger partial charge in [-0.2, -0.15) is 0 Å². The second-order valence-electron chi connectivity index (χ2n) is 2.07. The summed E-state index contributed by atoms with van der Waals surface area (Å²) in [6.45, 7) is 2.65. The largest absolute Gasteiger partial charge is 0.464 e. The van der Waals surface area contributed by atoms with Crippen molar-refractivity contribution in [2.24, 2.45) is 0 Å².